The number of esters is 1. The molecule has 0 saturated heterocycles. The third kappa shape index (κ3) is 6.06. The summed E-state index contributed by atoms with van der Waals surface area (Å²) >= 11 is 0. The third-order valence-electron chi connectivity index (χ3n) is 3.64. The summed E-state index contributed by atoms with van der Waals surface area (Å²) in [6, 6.07) is 0.589. The van der Waals surface area contributed by atoms with Gasteiger partial charge in [0, 0.05) is 12.6 Å². The maximum Gasteiger partial charge on any atom is 0.307 e. The van der Waals surface area contributed by atoms with E-state index in [1.807, 2.05) is 6.92 Å². The fourth-order valence-electron chi connectivity index (χ4n) is 2.48. The molecule has 3 nitrogen and oxygen atoms in total. The van der Waals surface area contributed by atoms with Gasteiger partial charge in [-0.15, -0.1) is 0 Å². The average molecular weight is 241 g/mol. The maximum atomic E-state index is 11.2. The first kappa shape index (κ1) is 14.5. The van der Waals surface area contributed by atoms with E-state index in [0.717, 1.165) is 6.54 Å². The number of hydrogen-bond donors (Lipinski definition) is 1. The molecule has 0 amide bonds. The van der Waals surface area contributed by atoms with Crippen LogP contribution in [0.15, 0.2) is 0 Å². The number of carbonyl (C=O) groups excluding carboxylic acids is 1. The Morgan fingerprint density at radius 3 is 2.82 bits per heavy atom. The predicted molar refractivity (Wildman–Crippen MR) is 69.9 cm³/mol. The number of carbonyl (C=O) groups is 1. The van der Waals surface area contributed by atoms with Gasteiger partial charge in [0.2, 0.25) is 0 Å². The molecule has 0 aromatic heterocycles. The van der Waals surface area contributed by atoms with Gasteiger partial charge in [-0.3, -0.25) is 4.79 Å². The van der Waals surface area contributed by atoms with Gasteiger partial charge < -0.3 is 10.1 Å². The summed E-state index contributed by atoms with van der Waals surface area (Å²) in [5.74, 6) is -0.0889. The SMILES string of the molecule is CCOC(=O)CCNC1CCCC(C)(C)CC1. The van der Waals surface area contributed by atoms with Crippen molar-refractivity contribution in [3.05, 3.63) is 0 Å². The highest BCUT2D eigenvalue weighted by Gasteiger charge is 2.23. The third-order valence-corrected chi connectivity index (χ3v) is 3.64. The topological polar surface area (TPSA) is 38.3 Å². The highest BCUT2D eigenvalue weighted by Crippen LogP contribution is 2.33. The quantitative estimate of drug-likeness (QED) is 0.594. The predicted octanol–water partition coefficient (Wildman–Crippen LogP) is 2.89. The Kier molecular flexibility index (Phi) is 5.96. The first-order chi connectivity index (χ1) is 8.03. The molecule has 0 radical (unpaired) electrons. The van der Waals surface area contributed by atoms with Crippen LogP contribution in [0.5, 0.6) is 0 Å². The van der Waals surface area contributed by atoms with Gasteiger partial charge in [0.15, 0.2) is 0 Å². The minimum absolute atomic E-state index is 0.0889. The van der Waals surface area contributed by atoms with Crippen LogP contribution in [0.3, 0.4) is 0 Å². The molecule has 1 aliphatic rings. The molecular weight excluding hydrogens is 214 g/mol. The summed E-state index contributed by atoms with van der Waals surface area (Å²) in [6.45, 7) is 7.79. The number of ether oxygens (including phenoxy) is 1. The summed E-state index contributed by atoms with van der Waals surface area (Å²) < 4.78 is 4.91. The Morgan fingerprint density at radius 2 is 2.12 bits per heavy atom. The van der Waals surface area contributed by atoms with E-state index in [0.29, 0.717) is 24.5 Å². The second-order valence-corrected chi connectivity index (χ2v) is 5.80. The van der Waals surface area contributed by atoms with Crippen molar-refractivity contribution >= 4 is 5.97 Å². The van der Waals surface area contributed by atoms with Gasteiger partial charge in [-0.2, -0.15) is 0 Å². The highest BCUT2D eigenvalue weighted by molar-refractivity contribution is 5.69. The van der Waals surface area contributed by atoms with Crippen LogP contribution in [0.25, 0.3) is 0 Å². The van der Waals surface area contributed by atoms with Crippen LogP contribution in [-0.4, -0.2) is 25.2 Å². The van der Waals surface area contributed by atoms with E-state index < -0.39 is 0 Å². The Hall–Kier alpha value is -0.570. The number of nitrogens with one attached hydrogen (secondary N) is 1. The standard InChI is InChI=1S/C14H27NO2/c1-4-17-13(16)8-11-15-12-6-5-9-14(2,3)10-7-12/h12,15H,4-11H2,1-3H3. The summed E-state index contributed by atoms with van der Waals surface area (Å²) in [7, 11) is 0. The fourth-order valence-corrected chi connectivity index (χ4v) is 2.48. The number of rotatable bonds is 5. The Morgan fingerprint density at radius 1 is 1.35 bits per heavy atom. The van der Waals surface area contributed by atoms with Crippen LogP contribution < -0.4 is 5.32 Å². The van der Waals surface area contributed by atoms with Crippen molar-refractivity contribution in [3.8, 4) is 0 Å². The van der Waals surface area contributed by atoms with Gasteiger partial charge in [0.25, 0.3) is 0 Å². The lowest BCUT2D eigenvalue weighted by Gasteiger charge is -2.22. The average Bonchev–Trinajstić information content (AvgIpc) is 2.41. The minimum atomic E-state index is -0.0889. The van der Waals surface area contributed by atoms with Crippen molar-refractivity contribution in [2.75, 3.05) is 13.2 Å². The van der Waals surface area contributed by atoms with E-state index in [1.165, 1.54) is 32.1 Å². The van der Waals surface area contributed by atoms with E-state index in [4.69, 9.17) is 4.74 Å². The first-order valence-electron chi connectivity index (χ1n) is 6.92. The van der Waals surface area contributed by atoms with Crippen LogP contribution in [0.2, 0.25) is 0 Å². The van der Waals surface area contributed by atoms with Gasteiger partial charge in [-0.1, -0.05) is 20.3 Å². The van der Waals surface area contributed by atoms with E-state index in [1.54, 1.807) is 0 Å². The highest BCUT2D eigenvalue weighted by atomic mass is 16.5. The van der Waals surface area contributed by atoms with Gasteiger partial charge in [0.1, 0.15) is 0 Å². The van der Waals surface area contributed by atoms with Gasteiger partial charge in [-0.25, -0.2) is 0 Å². The molecule has 0 heterocycles. The van der Waals surface area contributed by atoms with Crippen LogP contribution in [-0.2, 0) is 9.53 Å². The molecule has 1 unspecified atom stereocenters. The van der Waals surface area contributed by atoms with Gasteiger partial charge in [0.05, 0.1) is 13.0 Å². The summed E-state index contributed by atoms with van der Waals surface area (Å²) in [5, 5.41) is 3.49. The molecule has 1 N–H and O–H groups in total. The zero-order valence-corrected chi connectivity index (χ0v) is 11.6. The summed E-state index contributed by atoms with van der Waals surface area (Å²) in [4.78, 5) is 11.2. The second-order valence-electron chi connectivity index (χ2n) is 5.80. The van der Waals surface area contributed by atoms with Crippen LogP contribution >= 0.6 is 0 Å². The Balaban J connectivity index is 2.17. The van der Waals surface area contributed by atoms with E-state index >= 15 is 0 Å². The lowest BCUT2D eigenvalue weighted by molar-refractivity contribution is -0.143. The molecule has 100 valence electrons. The molecule has 3 heteroatoms. The maximum absolute atomic E-state index is 11.2. The second kappa shape index (κ2) is 7.00. The lowest BCUT2D eigenvalue weighted by Crippen LogP contribution is -2.31. The van der Waals surface area contributed by atoms with Crippen molar-refractivity contribution in [2.45, 2.75) is 65.3 Å². The molecule has 1 fully saturated rings. The monoisotopic (exact) mass is 241 g/mol. The summed E-state index contributed by atoms with van der Waals surface area (Å²) in [5.41, 5.74) is 0.498. The van der Waals surface area contributed by atoms with E-state index in [-0.39, 0.29) is 5.97 Å². The molecule has 0 aliphatic heterocycles. The molecule has 0 bridgehead atoms. The van der Waals surface area contributed by atoms with Crippen LogP contribution in [0.4, 0.5) is 0 Å². The smallest absolute Gasteiger partial charge is 0.307 e. The van der Waals surface area contributed by atoms with Crippen molar-refractivity contribution in [1.29, 1.82) is 0 Å². The van der Waals surface area contributed by atoms with E-state index in [2.05, 4.69) is 19.2 Å². The molecule has 17 heavy (non-hydrogen) atoms. The number of hydrogen-bond acceptors (Lipinski definition) is 3. The zero-order valence-electron chi connectivity index (χ0n) is 11.6. The fraction of sp³-hybridized carbons (Fsp3) is 0.929. The Labute approximate surface area is 105 Å². The lowest BCUT2D eigenvalue weighted by atomic mass is 9.85. The van der Waals surface area contributed by atoms with Gasteiger partial charge in [-0.05, 0) is 38.0 Å². The van der Waals surface area contributed by atoms with Crippen LogP contribution in [0, 0.1) is 5.41 Å². The molecular formula is C14H27NO2. The Bertz CT molecular complexity index is 238. The molecule has 0 spiro atoms. The summed E-state index contributed by atoms with van der Waals surface area (Å²) in [6.07, 6.45) is 6.87. The molecule has 0 aromatic carbocycles. The molecule has 1 aliphatic carbocycles. The largest absolute Gasteiger partial charge is 0.466 e. The molecule has 0 aromatic rings. The van der Waals surface area contributed by atoms with Gasteiger partial charge >= 0.3 is 5.97 Å². The van der Waals surface area contributed by atoms with Crippen molar-refractivity contribution in [2.24, 2.45) is 5.41 Å². The first-order valence-corrected chi connectivity index (χ1v) is 6.92. The van der Waals surface area contributed by atoms with Crippen molar-refractivity contribution in [1.82, 2.24) is 5.32 Å². The van der Waals surface area contributed by atoms with Crippen LogP contribution in [0.1, 0.15) is 59.3 Å². The normalized spacial score (nSPS) is 24.1. The van der Waals surface area contributed by atoms with Crippen molar-refractivity contribution in [3.63, 3.8) is 0 Å². The van der Waals surface area contributed by atoms with E-state index in [9.17, 15) is 4.79 Å². The molecule has 1 atom stereocenters. The molecule has 1 saturated carbocycles. The van der Waals surface area contributed by atoms with Crippen molar-refractivity contribution < 1.29 is 9.53 Å². The molecule has 1 rings (SSSR count). The zero-order chi connectivity index (χ0) is 12.7. The minimum Gasteiger partial charge on any atom is -0.466 e.